The van der Waals surface area contributed by atoms with Gasteiger partial charge in [-0.1, -0.05) is 40.2 Å². The van der Waals surface area contributed by atoms with Crippen LogP contribution in [0.15, 0.2) is 24.3 Å². The van der Waals surface area contributed by atoms with Crippen molar-refractivity contribution in [2.45, 2.75) is 50.5 Å². The summed E-state index contributed by atoms with van der Waals surface area (Å²) in [5.41, 5.74) is 2.66. The number of fused-ring (bicyclic) bond motifs is 1. The van der Waals surface area contributed by atoms with E-state index in [1.807, 2.05) is 20.8 Å². The fraction of sp³-hybridized carbons (Fsp3) is 0.571. The van der Waals surface area contributed by atoms with Gasteiger partial charge in [-0.05, 0) is 38.3 Å². The first-order valence-electron chi connectivity index (χ1n) is 6.10. The van der Waals surface area contributed by atoms with Crippen LogP contribution < -0.4 is 0 Å². The highest BCUT2D eigenvalue weighted by molar-refractivity contribution is 9.09. The zero-order valence-corrected chi connectivity index (χ0v) is 12.1. The van der Waals surface area contributed by atoms with E-state index in [1.165, 1.54) is 11.1 Å². The second kappa shape index (κ2) is 5.51. The standard InChI is InChI=1S/C14H19BrO2/c1-9(2)16-10(3)17-14-12-7-5-4-6-11(12)8-13(14)15/h4-7,9-10,13-14H,8H2,1-3H3. The Morgan fingerprint density at radius 2 is 1.94 bits per heavy atom. The molecule has 0 aromatic heterocycles. The topological polar surface area (TPSA) is 18.5 Å². The van der Waals surface area contributed by atoms with Crippen molar-refractivity contribution in [3.8, 4) is 0 Å². The fourth-order valence-corrected chi connectivity index (χ4v) is 3.05. The van der Waals surface area contributed by atoms with E-state index < -0.39 is 0 Å². The quantitative estimate of drug-likeness (QED) is 0.621. The zero-order valence-electron chi connectivity index (χ0n) is 10.5. The number of hydrogen-bond donors (Lipinski definition) is 0. The van der Waals surface area contributed by atoms with Crippen molar-refractivity contribution in [1.29, 1.82) is 0 Å². The van der Waals surface area contributed by atoms with Gasteiger partial charge in [0.05, 0.1) is 12.2 Å². The Hall–Kier alpha value is -0.380. The Balaban J connectivity index is 2.06. The average Bonchev–Trinajstić information content (AvgIpc) is 2.55. The lowest BCUT2D eigenvalue weighted by molar-refractivity contribution is -0.177. The molecule has 0 N–H and O–H groups in total. The summed E-state index contributed by atoms with van der Waals surface area (Å²) in [6.45, 7) is 6.00. The van der Waals surface area contributed by atoms with Crippen LogP contribution in [0.1, 0.15) is 38.0 Å². The van der Waals surface area contributed by atoms with Crippen molar-refractivity contribution in [1.82, 2.24) is 0 Å². The SMILES string of the molecule is CC(C)OC(C)OC1c2ccccc2CC1Br. The molecule has 1 aliphatic rings. The molecule has 0 spiro atoms. The van der Waals surface area contributed by atoms with Crippen LogP contribution in [-0.4, -0.2) is 17.2 Å². The predicted octanol–water partition coefficient (Wildman–Crippen LogP) is 3.83. The second-order valence-electron chi connectivity index (χ2n) is 4.73. The van der Waals surface area contributed by atoms with Crippen molar-refractivity contribution in [3.63, 3.8) is 0 Å². The van der Waals surface area contributed by atoms with Crippen molar-refractivity contribution >= 4 is 15.9 Å². The third kappa shape index (κ3) is 3.09. The largest absolute Gasteiger partial charge is 0.350 e. The van der Waals surface area contributed by atoms with Gasteiger partial charge >= 0.3 is 0 Å². The lowest BCUT2D eigenvalue weighted by Crippen LogP contribution is -2.22. The number of alkyl halides is 1. The van der Waals surface area contributed by atoms with Gasteiger partial charge < -0.3 is 9.47 Å². The number of halogens is 1. The van der Waals surface area contributed by atoms with E-state index in [9.17, 15) is 0 Å². The molecule has 0 bridgehead atoms. The van der Waals surface area contributed by atoms with Gasteiger partial charge in [0.25, 0.3) is 0 Å². The highest BCUT2D eigenvalue weighted by atomic mass is 79.9. The number of hydrogen-bond acceptors (Lipinski definition) is 2. The van der Waals surface area contributed by atoms with Gasteiger partial charge in [0, 0.05) is 4.83 Å². The maximum Gasteiger partial charge on any atom is 0.156 e. The molecule has 3 heteroatoms. The van der Waals surface area contributed by atoms with E-state index in [-0.39, 0.29) is 18.5 Å². The predicted molar refractivity (Wildman–Crippen MR) is 72.4 cm³/mol. The molecule has 0 radical (unpaired) electrons. The van der Waals surface area contributed by atoms with Crippen LogP contribution in [0.5, 0.6) is 0 Å². The minimum absolute atomic E-state index is 0.0972. The summed E-state index contributed by atoms with van der Waals surface area (Å²) in [5.74, 6) is 0. The van der Waals surface area contributed by atoms with E-state index >= 15 is 0 Å². The summed E-state index contributed by atoms with van der Waals surface area (Å²) in [6, 6.07) is 8.45. The normalized spacial score (nSPS) is 25.0. The zero-order chi connectivity index (χ0) is 12.4. The molecule has 0 saturated heterocycles. The van der Waals surface area contributed by atoms with Crippen LogP contribution in [-0.2, 0) is 15.9 Å². The van der Waals surface area contributed by atoms with E-state index in [0.717, 1.165) is 6.42 Å². The van der Waals surface area contributed by atoms with Gasteiger partial charge in [0.1, 0.15) is 0 Å². The first-order chi connectivity index (χ1) is 8.08. The highest BCUT2D eigenvalue weighted by Crippen LogP contribution is 2.39. The molecule has 2 rings (SSSR count). The summed E-state index contributed by atoms with van der Waals surface area (Å²) in [4.78, 5) is 0.345. The van der Waals surface area contributed by atoms with Crippen molar-refractivity contribution in [2.75, 3.05) is 0 Å². The summed E-state index contributed by atoms with van der Waals surface area (Å²) in [6.07, 6.45) is 1.14. The molecule has 1 aromatic rings. The molecule has 3 unspecified atom stereocenters. The first-order valence-corrected chi connectivity index (χ1v) is 7.02. The molecule has 17 heavy (non-hydrogen) atoms. The first kappa shape index (κ1) is 13.1. The third-order valence-corrected chi connectivity index (χ3v) is 3.71. The maximum atomic E-state index is 5.99. The molecule has 0 aliphatic heterocycles. The molecule has 0 saturated carbocycles. The Bertz CT molecular complexity index is 378. The smallest absolute Gasteiger partial charge is 0.156 e. The van der Waals surface area contributed by atoms with Crippen molar-refractivity contribution in [2.24, 2.45) is 0 Å². The Kier molecular flexibility index (Phi) is 4.23. The van der Waals surface area contributed by atoms with Crippen LogP contribution in [0.3, 0.4) is 0 Å². The maximum absolute atomic E-state index is 5.99. The molecular formula is C14H19BrO2. The number of rotatable bonds is 4. The molecule has 3 atom stereocenters. The van der Waals surface area contributed by atoms with Crippen LogP contribution in [0, 0.1) is 0 Å². The fourth-order valence-electron chi connectivity index (χ4n) is 2.29. The van der Waals surface area contributed by atoms with Gasteiger partial charge in [-0.3, -0.25) is 0 Å². The lowest BCUT2D eigenvalue weighted by atomic mass is 10.1. The van der Waals surface area contributed by atoms with Crippen LogP contribution in [0.25, 0.3) is 0 Å². The highest BCUT2D eigenvalue weighted by Gasteiger charge is 2.32. The summed E-state index contributed by atoms with van der Waals surface area (Å²) < 4.78 is 11.6. The molecular weight excluding hydrogens is 280 g/mol. The van der Waals surface area contributed by atoms with E-state index in [1.54, 1.807) is 0 Å². The molecule has 0 fully saturated rings. The molecule has 2 nitrogen and oxygen atoms in total. The minimum Gasteiger partial charge on any atom is -0.350 e. The van der Waals surface area contributed by atoms with Crippen LogP contribution in [0.2, 0.25) is 0 Å². The lowest BCUT2D eigenvalue weighted by Gasteiger charge is -2.23. The minimum atomic E-state index is -0.175. The van der Waals surface area contributed by atoms with Crippen LogP contribution >= 0.6 is 15.9 Å². The van der Waals surface area contributed by atoms with Crippen molar-refractivity contribution < 1.29 is 9.47 Å². The van der Waals surface area contributed by atoms with E-state index in [0.29, 0.717) is 4.83 Å². The van der Waals surface area contributed by atoms with Gasteiger partial charge in [-0.2, -0.15) is 0 Å². The number of ether oxygens (including phenoxy) is 2. The molecule has 1 aromatic carbocycles. The van der Waals surface area contributed by atoms with Gasteiger partial charge in [0.2, 0.25) is 0 Å². The van der Waals surface area contributed by atoms with Gasteiger partial charge in [-0.25, -0.2) is 0 Å². The summed E-state index contributed by atoms with van der Waals surface area (Å²) >= 11 is 3.70. The Labute approximate surface area is 111 Å². The Morgan fingerprint density at radius 1 is 1.24 bits per heavy atom. The molecule has 0 amide bonds. The summed E-state index contributed by atoms with van der Waals surface area (Å²) in [5, 5.41) is 0. The van der Waals surface area contributed by atoms with E-state index in [4.69, 9.17) is 9.47 Å². The molecule has 1 aliphatic carbocycles. The molecule has 94 valence electrons. The van der Waals surface area contributed by atoms with Gasteiger partial charge in [-0.15, -0.1) is 0 Å². The Morgan fingerprint density at radius 3 is 2.65 bits per heavy atom. The number of benzene rings is 1. The molecule has 0 heterocycles. The average molecular weight is 299 g/mol. The third-order valence-electron chi connectivity index (χ3n) is 2.91. The van der Waals surface area contributed by atoms with Crippen LogP contribution in [0.4, 0.5) is 0 Å². The monoisotopic (exact) mass is 298 g/mol. The van der Waals surface area contributed by atoms with Crippen molar-refractivity contribution in [3.05, 3.63) is 35.4 Å². The van der Waals surface area contributed by atoms with Gasteiger partial charge in [0.15, 0.2) is 6.29 Å². The summed E-state index contributed by atoms with van der Waals surface area (Å²) in [7, 11) is 0. The van der Waals surface area contributed by atoms with E-state index in [2.05, 4.69) is 40.2 Å². The second-order valence-corrected chi connectivity index (χ2v) is 5.90.